The molecular weight excluding hydrogens is 310 g/mol. The Hall–Kier alpha value is -2.00. The Morgan fingerprint density at radius 3 is 2.48 bits per heavy atom. The first-order valence-electron chi connectivity index (χ1n) is 7.90. The van der Waals surface area contributed by atoms with Crippen molar-refractivity contribution in [2.45, 2.75) is 26.4 Å². The summed E-state index contributed by atoms with van der Waals surface area (Å²) in [5, 5.41) is 0.738. The van der Waals surface area contributed by atoms with Gasteiger partial charge in [-0.3, -0.25) is 4.79 Å². The summed E-state index contributed by atoms with van der Waals surface area (Å²) in [6, 6.07) is 13.3. The van der Waals surface area contributed by atoms with Crippen LogP contribution in [0.4, 0.5) is 0 Å². The van der Waals surface area contributed by atoms with E-state index >= 15 is 0 Å². The number of carbonyl (C=O) groups is 1. The van der Waals surface area contributed by atoms with E-state index in [4.69, 9.17) is 16.3 Å². The Morgan fingerprint density at radius 2 is 1.83 bits per heavy atom. The number of nitrogens with zero attached hydrogens (tertiary/aromatic N) is 1. The molecule has 0 saturated carbocycles. The maximum absolute atomic E-state index is 12.3. The van der Waals surface area contributed by atoms with E-state index in [0.717, 1.165) is 53.4 Å². The fourth-order valence-corrected chi connectivity index (χ4v) is 2.84. The first-order chi connectivity index (χ1) is 11.1. The summed E-state index contributed by atoms with van der Waals surface area (Å²) >= 11 is 6.01. The summed E-state index contributed by atoms with van der Waals surface area (Å²) in [6.45, 7) is 4.17. The molecule has 1 heterocycles. The molecule has 4 heteroatoms. The normalized spacial score (nSPS) is 14.1. The van der Waals surface area contributed by atoms with E-state index in [-0.39, 0.29) is 5.91 Å². The number of rotatable bonds is 4. The average Bonchev–Trinajstić information content (AvgIpc) is 3.10. The Morgan fingerprint density at radius 1 is 1.13 bits per heavy atom. The quantitative estimate of drug-likeness (QED) is 0.828. The minimum atomic E-state index is 0.128. The molecule has 0 aliphatic carbocycles. The summed E-state index contributed by atoms with van der Waals surface area (Å²) in [5.41, 5.74) is 2.78. The van der Waals surface area contributed by atoms with Crippen LogP contribution in [0.15, 0.2) is 42.5 Å². The predicted molar refractivity (Wildman–Crippen MR) is 92.1 cm³/mol. The molecule has 0 aromatic heterocycles. The lowest BCUT2D eigenvalue weighted by molar-refractivity contribution is 0.0793. The number of hydrogen-bond donors (Lipinski definition) is 0. The first kappa shape index (κ1) is 15.9. The minimum Gasteiger partial charge on any atom is -0.489 e. The summed E-state index contributed by atoms with van der Waals surface area (Å²) in [5.74, 6) is 0.924. The SMILES string of the molecule is Cc1cc(OCc2ccc(C(=O)N3CCCC3)cc2)ccc1Cl. The van der Waals surface area contributed by atoms with Gasteiger partial charge in [-0.2, -0.15) is 0 Å². The van der Waals surface area contributed by atoms with Crippen LogP contribution in [-0.4, -0.2) is 23.9 Å². The number of ether oxygens (including phenoxy) is 1. The standard InChI is InChI=1S/C19H20ClNO2/c1-14-12-17(8-9-18(14)20)23-13-15-4-6-16(7-5-15)19(22)21-10-2-3-11-21/h4-9,12H,2-3,10-11,13H2,1H3. The molecular formula is C19H20ClNO2. The summed E-state index contributed by atoms with van der Waals surface area (Å²) < 4.78 is 5.77. The second kappa shape index (κ2) is 7.05. The van der Waals surface area contributed by atoms with Crippen LogP contribution in [0.1, 0.15) is 34.3 Å². The molecule has 1 fully saturated rings. The van der Waals surface area contributed by atoms with Gasteiger partial charge in [-0.05, 0) is 61.2 Å². The molecule has 0 radical (unpaired) electrons. The molecule has 1 amide bonds. The lowest BCUT2D eigenvalue weighted by Gasteiger charge is -2.15. The molecule has 3 rings (SSSR count). The zero-order chi connectivity index (χ0) is 16.2. The summed E-state index contributed by atoms with van der Waals surface area (Å²) in [6.07, 6.45) is 2.22. The number of carbonyl (C=O) groups excluding carboxylic acids is 1. The van der Waals surface area contributed by atoms with Crippen LogP contribution in [0, 0.1) is 6.92 Å². The maximum Gasteiger partial charge on any atom is 0.253 e. The van der Waals surface area contributed by atoms with Crippen LogP contribution in [0.3, 0.4) is 0 Å². The van der Waals surface area contributed by atoms with Crippen molar-refractivity contribution in [2.75, 3.05) is 13.1 Å². The van der Waals surface area contributed by atoms with Crippen LogP contribution in [-0.2, 0) is 6.61 Å². The molecule has 1 aliphatic heterocycles. The van der Waals surface area contributed by atoms with Gasteiger partial charge in [-0.1, -0.05) is 23.7 Å². The van der Waals surface area contributed by atoms with Gasteiger partial charge in [0.2, 0.25) is 0 Å². The molecule has 3 nitrogen and oxygen atoms in total. The third kappa shape index (κ3) is 3.85. The van der Waals surface area contributed by atoms with Crippen LogP contribution < -0.4 is 4.74 Å². The molecule has 0 unspecified atom stereocenters. The largest absolute Gasteiger partial charge is 0.489 e. The van der Waals surface area contributed by atoms with Gasteiger partial charge >= 0.3 is 0 Å². The van der Waals surface area contributed by atoms with E-state index in [9.17, 15) is 4.79 Å². The van der Waals surface area contributed by atoms with Gasteiger partial charge in [0.25, 0.3) is 5.91 Å². The Bertz CT molecular complexity index is 691. The van der Waals surface area contributed by atoms with E-state index in [1.54, 1.807) is 0 Å². The Kier molecular flexibility index (Phi) is 4.87. The predicted octanol–water partition coefficient (Wildman–Crippen LogP) is 4.46. The van der Waals surface area contributed by atoms with Crippen molar-refractivity contribution in [3.63, 3.8) is 0 Å². The van der Waals surface area contributed by atoms with Gasteiger partial charge in [0.1, 0.15) is 12.4 Å². The monoisotopic (exact) mass is 329 g/mol. The lowest BCUT2D eigenvalue weighted by Crippen LogP contribution is -2.27. The number of aryl methyl sites for hydroxylation is 1. The van der Waals surface area contributed by atoms with Crippen molar-refractivity contribution in [3.05, 3.63) is 64.2 Å². The van der Waals surface area contributed by atoms with E-state index < -0.39 is 0 Å². The van der Waals surface area contributed by atoms with Gasteiger partial charge in [-0.15, -0.1) is 0 Å². The highest BCUT2D eigenvalue weighted by atomic mass is 35.5. The second-order valence-electron chi connectivity index (χ2n) is 5.90. The van der Waals surface area contributed by atoms with Crippen molar-refractivity contribution in [3.8, 4) is 5.75 Å². The fourth-order valence-electron chi connectivity index (χ4n) is 2.72. The van der Waals surface area contributed by atoms with Gasteiger partial charge in [0, 0.05) is 23.7 Å². The van der Waals surface area contributed by atoms with E-state index in [0.29, 0.717) is 6.61 Å². The summed E-state index contributed by atoms with van der Waals surface area (Å²) in [4.78, 5) is 14.2. The summed E-state index contributed by atoms with van der Waals surface area (Å²) in [7, 11) is 0. The van der Waals surface area contributed by atoms with Crippen molar-refractivity contribution in [1.29, 1.82) is 0 Å². The molecule has 2 aromatic carbocycles. The topological polar surface area (TPSA) is 29.5 Å². The number of halogens is 1. The van der Waals surface area contributed by atoms with Crippen molar-refractivity contribution in [1.82, 2.24) is 4.90 Å². The van der Waals surface area contributed by atoms with Crippen LogP contribution in [0.2, 0.25) is 5.02 Å². The number of amides is 1. The maximum atomic E-state index is 12.3. The van der Waals surface area contributed by atoms with Gasteiger partial charge in [0.05, 0.1) is 0 Å². The smallest absolute Gasteiger partial charge is 0.253 e. The molecule has 2 aromatic rings. The van der Waals surface area contributed by atoms with Crippen LogP contribution in [0.25, 0.3) is 0 Å². The molecule has 0 atom stereocenters. The fraction of sp³-hybridized carbons (Fsp3) is 0.316. The molecule has 23 heavy (non-hydrogen) atoms. The van der Waals surface area contributed by atoms with Crippen molar-refractivity contribution >= 4 is 17.5 Å². The molecule has 120 valence electrons. The molecule has 1 aliphatic rings. The first-order valence-corrected chi connectivity index (χ1v) is 8.28. The molecule has 0 N–H and O–H groups in total. The zero-order valence-corrected chi connectivity index (χ0v) is 14.0. The third-order valence-electron chi connectivity index (χ3n) is 4.13. The highest BCUT2D eigenvalue weighted by molar-refractivity contribution is 6.31. The van der Waals surface area contributed by atoms with E-state index in [1.165, 1.54) is 0 Å². The number of hydrogen-bond acceptors (Lipinski definition) is 2. The number of likely N-dealkylation sites (tertiary alicyclic amines) is 1. The average molecular weight is 330 g/mol. The van der Waals surface area contributed by atoms with E-state index in [2.05, 4.69) is 0 Å². The highest BCUT2D eigenvalue weighted by Crippen LogP contribution is 2.22. The van der Waals surface area contributed by atoms with Gasteiger partial charge in [-0.25, -0.2) is 0 Å². The zero-order valence-electron chi connectivity index (χ0n) is 13.2. The van der Waals surface area contributed by atoms with Crippen LogP contribution in [0.5, 0.6) is 5.75 Å². The molecule has 1 saturated heterocycles. The number of benzene rings is 2. The Labute approximate surface area is 141 Å². The van der Waals surface area contributed by atoms with Crippen molar-refractivity contribution in [2.24, 2.45) is 0 Å². The van der Waals surface area contributed by atoms with Crippen molar-refractivity contribution < 1.29 is 9.53 Å². The third-order valence-corrected chi connectivity index (χ3v) is 4.55. The molecule has 0 spiro atoms. The van der Waals surface area contributed by atoms with Gasteiger partial charge < -0.3 is 9.64 Å². The second-order valence-corrected chi connectivity index (χ2v) is 6.30. The lowest BCUT2D eigenvalue weighted by atomic mass is 10.1. The van der Waals surface area contributed by atoms with Crippen LogP contribution >= 0.6 is 11.6 Å². The van der Waals surface area contributed by atoms with Gasteiger partial charge in [0.15, 0.2) is 0 Å². The Balaban J connectivity index is 1.60. The minimum absolute atomic E-state index is 0.128. The van der Waals surface area contributed by atoms with E-state index in [1.807, 2.05) is 54.3 Å². The molecule has 0 bridgehead atoms. The highest BCUT2D eigenvalue weighted by Gasteiger charge is 2.19.